The molecule has 1 amide bonds. The first-order valence-corrected chi connectivity index (χ1v) is 10.4. The molecule has 0 radical (unpaired) electrons. The summed E-state index contributed by atoms with van der Waals surface area (Å²) in [5.41, 5.74) is 3.88. The minimum atomic E-state index is -0.0614. The second-order valence-corrected chi connectivity index (χ2v) is 9.37. The predicted molar refractivity (Wildman–Crippen MR) is 113 cm³/mol. The van der Waals surface area contributed by atoms with Crippen molar-refractivity contribution >= 4 is 21.8 Å². The molecule has 0 unspecified atom stereocenters. The third-order valence-corrected chi connectivity index (χ3v) is 5.41. The van der Waals surface area contributed by atoms with E-state index < -0.39 is 0 Å². The van der Waals surface area contributed by atoms with Gasteiger partial charge >= 0.3 is 0 Å². The summed E-state index contributed by atoms with van der Waals surface area (Å²) in [4.78, 5) is 15.1. The van der Waals surface area contributed by atoms with Crippen LogP contribution in [0.2, 0.25) is 0 Å². The standard InChI is InChI=1S/C21H29BrN4O/c1-21(2,14-25(3)4)13-23-20(27)19-17-10-5-6-11-18(17)26(24-19)16-9-7-8-15(22)12-16/h7-9,12H,5-6,10-11,13-14H2,1-4H3,(H,23,27). The molecule has 1 heterocycles. The Labute approximate surface area is 170 Å². The number of carbonyl (C=O) groups excluding carboxylic acids is 1. The maximum Gasteiger partial charge on any atom is 0.272 e. The molecule has 2 aromatic rings. The number of rotatable bonds is 6. The van der Waals surface area contributed by atoms with Crippen LogP contribution in [0.1, 0.15) is 48.4 Å². The third-order valence-electron chi connectivity index (χ3n) is 4.92. The number of aromatic nitrogens is 2. The monoisotopic (exact) mass is 432 g/mol. The van der Waals surface area contributed by atoms with Crippen molar-refractivity contribution in [3.8, 4) is 5.69 Å². The van der Waals surface area contributed by atoms with Crippen LogP contribution in [-0.4, -0.2) is 47.8 Å². The number of amides is 1. The molecule has 1 N–H and O–H groups in total. The largest absolute Gasteiger partial charge is 0.350 e. The number of carbonyl (C=O) groups is 1. The van der Waals surface area contributed by atoms with E-state index in [2.05, 4.69) is 54.1 Å². The van der Waals surface area contributed by atoms with Gasteiger partial charge in [0.05, 0.1) is 5.69 Å². The van der Waals surface area contributed by atoms with Crippen LogP contribution in [0.25, 0.3) is 5.69 Å². The minimum absolute atomic E-state index is 0.00603. The molecule has 0 saturated heterocycles. The summed E-state index contributed by atoms with van der Waals surface area (Å²) in [6.45, 7) is 5.88. The summed E-state index contributed by atoms with van der Waals surface area (Å²) >= 11 is 3.53. The zero-order valence-corrected chi connectivity index (χ0v) is 18.3. The van der Waals surface area contributed by atoms with E-state index in [9.17, 15) is 4.79 Å². The van der Waals surface area contributed by atoms with Crippen molar-refractivity contribution in [1.82, 2.24) is 20.0 Å². The SMILES string of the molecule is CN(C)CC(C)(C)CNC(=O)c1nn(-c2cccc(Br)c2)c2c1CCCC2. The molecule has 0 spiro atoms. The Morgan fingerprint density at radius 2 is 2.04 bits per heavy atom. The maximum atomic E-state index is 13.0. The van der Waals surface area contributed by atoms with Gasteiger partial charge < -0.3 is 10.2 Å². The van der Waals surface area contributed by atoms with Gasteiger partial charge in [-0.25, -0.2) is 4.68 Å². The van der Waals surface area contributed by atoms with Crippen LogP contribution in [0.4, 0.5) is 0 Å². The van der Waals surface area contributed by atoms with Gasteiger partial charge in [-0.2, -0.15) is 5.10 Å². The zero-order chi connectivity index (χ0) is 19.6. The number of halogens is 1. The Kier molecular flexibility index (Phi) is 6.06. The van der Waals surface area contributed by atoms with Crippen molar-refractivity contribution in [2.45, 2.75) is 39.5 Å². The van der Waals surface area contributed by atoms with Crippen molar-refractivity contribution in [3.05, 3.63) is 45.7 Å². The lowest BCUT2D eigenvalue weighted by molar-refractivity contribution is 0.0922. The van der Waals surface area contributed by atoms with E-state index in [0.29, 0.717) is 12.2 Å². The first-order chi connectivity index (χ1) is 12.8. The Hall–Kier alpha value is -1.66. The molecule has 1 aromatic carbocycles. The molecule has 146 valence electrons. The molecule has 0 saturated carbocycles. The van der Waals surface area contributed by atoms with E-state index in [1.54, 1.807) is 0 Å². The maximum absolute atomic E-state index is 13.0. The van der Waals surface area contributed by atoms with Gasteiger partial charge in [0.25, 0.3) is 5.91 Å². The van der Waals surface area contributed by atoms with Crippen molar-refractivity contribution in [2.24, 2.45) is 5.41 Å². The lowest BCUT2D eigenvalue weighted by atomic mass is 9.92. The average molecular weight is 433 g/mol. The summed E-state index contributed by atoms with van der Waals surface area (Å²) in [7, 11) is 4.11. The van der Waals surface area contributed by atoms with Crippen LogP contribution >= 0.6 is 15.9 Å². The normalized spacial score (nSPS) is 14.3. The van der Waals surface area contributed by atoms with Crippen molar-refractivity contribution in [3.63, 3.8) is 0 Å². The fourth-order valence-electron chi connectivity index (χ4n) is 3.92. The Bertz CT molecular complexity index is 826. The molecule has 1 aliphatic carbocycles. The molecule has 0 atom stereocenters. The van der Waals surface area contributed by atoms with Crippen LogP contribution in [0, 0.1) is 5.41 Å². The van der Waals surface area contributed by atoms with Crippen LogP contribution in [0.3, 0.4) is 0 Å². The lowest BCUT2D eigenvalue weighted by Crippen LogP contribution is -2.40. The highest BCUT2D eigenvalue weighted by Gasteiger charge is 2.27. The molecular weight excluding hydrogens is 404 g/mol. The molecule has 0 fully saturated rings. The summed E-state index contributed by atoms with van der Waals surface area (Å²) in [6.07, 6.45) is 4.15. The quantitative estimate of drug-likeness (QED) is 0.754. The van der Waals surface area contributed by atoms with Crippen molar-refractivity contribution in [1.29, 1.82) is 0 Å². The Morgan fingerprint density at radius 3 is 2.74 bits per heavy atom. The second-order valence-electron chi connectivity index (χ2n) is 8.46. The van der Waals surface area contributed by atoms with E-state index in [4.69, 9.17) is 5.10 Å². The number of nitrogens with one attached hydrogen (secondary N) is 1. The number of fused-ring (bicyclic) bond motifs is 1. The number of hydrogen-bond acceptors (Lipinski definition) is 3. The van der Waals surface area contributed by atoms with Gasteiger partial charge in [-0.1, -0.05) is 35.8 Å². The highest BCUT2D eigenvalue weighted by Crippen LogP contribution is 2.28. The molecular formula is C21H29BrN4O. The van der Waals surface area contributed by atoms with E-state index in [1.165, 1.54) is 5.69 Å². The highest BCUT2D eigenvalue weighted by atomic mass is 79.9. The van der Waals surface area contributed by atoms with Crippen molar-refractivity contribution < 1.29 is 4.79 Å². The van der Waals surface area contributed by atoms with E-state index >= 15 is 0 Å². The third kappa shape index (κ3) is 4.79. The van der Waals surface area contributed by atoms with Gasteiger partial charge in [0.2, 0.25) is 0 Å². The number of hydrogen-bond donors (Lipinski definition) is 1. The Morgan fingerprint density at radius 1 is 1.30 bits per heavy atom. The molecule has 5 nitrogen and oxygen atoms in total. The molecule has 1 aliphatic rings. The molecule has 6 heteroatoms. The van der Waals surface area contributed by atoms with Gasteiger partial charge in [0, 0.05) is 28.8 Å². The average Bonchev–Trinajstić information content (AvgIpc) is 2.98. The number of benzene rings is 1. The van der Waals surface area contributed by atoms with Gasteiger partial charge in [-0.15, -0.1) is 0 Å². The second kappa shape index (κ2) is 8.15. The van der Waals surface area contributed by atoms with Crippen LogP contribution in [-0.2, 0) is 12.8 Å². The highest BCUT2D eigenvalue weighted by molar-refractivity contribution is 9.10. The van der Waals surface area contributed by atoms with Crippen molar-refractivity contribution in [2.75, 3.05) is 27.2 Å². The van der Waals surface area contributed by atoms with E-state index in [0.717, 1.165) is 48.0 Å². The lowest BCUT2D eigenvalue weighted by Gasteiger charge is -2.28. The first-order valence-electron chi connectivity index (χ1n) is 9.56. The molecule has 27 heavy (non-hydrogen) atoms. The van der Waals surface area contributed by atoms with Gasteiger partial charge in [0.15, 0.2) is 5.69 Å². The first kappa shape index (κ1) is 20.1. The zero-order valence-electron chi connectivity index (χ0n) is 16.7. The van der Waals surface area contributed by atoms with Crippen LogP contribution < -0.4 is 5.32 Å². The minimum Gasteiger partial charge on any atom is -0.350 e. The smallest absolute Gasteiger partial charge is 0.272 e. The fourth-order valence-corrected chi connectivity index (χ4v) is 4.31. The predicted octanol–water partition coefficient (Wildman–Crippen LogP) is 3.83. The topological polar surface area (TPSA) is 50.2 Å². The Balaban J connectivity index is 1.86. The van der Waals surface area contributed by atoms with Gasteiger partial charge in [-0.3, -0.25) is 4.79 Å². The van der Waals surface area contributed by atoms with Gasteiger partial charge in [-0.05, 0) is 63.4 Å². The van der Waals surface area contributed by atoms with Crippen LogP contribution in [0.15, 0.2) is 28.7 Å². The molecule has 0 bridgehead atoms. The molecule has 0 aliphatic heterocycles. The van der Waals surface area contributed by atoms with E-state index in [-0.39, 0.29) is 11.3 Å². The summed E-state index contributed by atoms with van der Waals surface area (Å²) in [5, 5.41) is 7.86. The van der Waals surface area contributed by atoms with Gasteiger partial charge in [0.1, 0.15) is 0 Å². The number of nitrogens with zero attached hydrogens (tertiary/aromatic N) is 3. The summed E-state index contributed by atoms with van der Waals surface area (Å²) in [5.74, 6) is -0.0614. The molecule has 1 aromatic heterocycles. The summed E-state index contributed by atoms with van der Waals surface area (Å²) in [6, 6.07) is 8.08. The van der Waals surface area contributed by atoms with E-state index in [1.807, 2.05) is 28.9 Å². The fraction of sp³-hybridized carbons (Fsp3) is 0.524. The molecule has 3 rings (SSSR count). The van der Waals surface area contributed by atoms with Crippen LogP contribution in [0.5, 0.6) is 0 Å². The summed E-state index contributed by atoms with van der Waals surface area (Å²) < 4.78 is 2.97.